The Balaban J connectivity index is 2.42. The number of hydrogen-bond donors (Lipinski definition) is 2. The molecule has 5 heteroatoms. The Bertz CT molecular complexity index is 230. The molecule has 0 aliphatic carbocycles. The topological polar surface area (TPSA) is 61.8 Å². The van der Waals surface area contributed by atoms with E-state index in [1.807, 2.05) is 6.92 Å². The van der Waals surface area contributed by atoms with E-state index < -0.39 is 5.97 Å². The van der Waals surface area contributed by atoms with Crippen LogP contribution >= 0.6 is 0 Å². The Hall–Kier alpha value is -0.650. The van der Waals surface area contributed by atoms with Crippen molar-refractivity contribution in [3.05, 3.63) is 0 Å². The highest BCUT2D eigenvalue weighted by Crippen LogP contribution is 2.11. The number of aliphatic carboxylic acids is 1. The van der Waals surface area contributed by atoms with Crippen LogP contribution in [0.4, 0.5) is 0 Å². The van der Waals surface area contributed by atoms with Crippen LogP contribution in [0, 0.1) is 0 Å². The van der Waals surface area contributed by atoms with Gasteiger partial charge in [-0.15, -0.1) is 0 Å². The van der Waals surface area contributed by atoms with Gasteiger partial charge in [0.05, 0.1) is 13.0 Å². The maximum absolute atomic E-state index is 10.8. The van der Waals surface area contributed by atoms with Crippen LogP contribution in [0.1, 0.15) is 26.2 Å². The maximum atomic E-state index is 10.8. The van der Waals surface area contributed by atoms with Gasteiger partial charge in [-0.25, -0.2) is 0 Å². The Morgan fingerprint density at radius 1 is 1.65 bits per heavy atom. The zero-order valence-electron chi connectivity index (χ0n) is 10.8. The fraction of sp³-hybridized carbons (Fsp3) is 0.917. The predicted octanol–water partition coefficient (Wildman–Crippen LogP) is 0.550. The number of carboxylic acids is 1. The second kappa shape index (κ2) is 7.63. The number of carbonyl (C=O) groups is 1. The van der Waals surface area contributed by atoms with Gasteiger partial charge in [-0.3, -0.25) is 9.69 Å². The van der Waals surface area contributed by atoms with Crippen molar-refractivity contribution in [3.63, 3.8) is 0 Å². The maximum Gasteiger partial charge on any atom is 0.304 e. The van der Waals surface area contributed by atoms with Gasteiger partial charge >= 0.3 is 5.97 Å². The summed E-state index contributed by atoms with van der Waals surface area (Å²) in [5.74, 6) is -0.737. The van der Waals surface area contributed by atoms with E-state index in [1.165, 1.54) is 12.8 Å². The van der Waals surface area contributed by atoms with Gasteiger partial charge in [-0.2, -0.15) is 0 Å². The number of nitrogens with one attached hydrogen (secondary N) is 1. The van der Waals surface area contributed by atoms with E-state index >= 15 is 0 Å². The summed E-state index contributed by atoms with van der Waals surface area (Å²) in [5.41, 5.74) is 0. The summed E-state index contributed by atoms with van der Waals surface area (Å²) in [6, 6.07) is 0.563. The summed E-state index contributed by atoms with van der Waals surface area (Å²) in [6.07, 6.45) is 2.59. The number of rotatable bonds is 8. The first-order chi connectivity index (χ1) is 8.13. The summed E-state index contributed by atoms with van der Waals surface area (Å²) in [7, 11) is 1.67. The molecular weight excluding hydrogens is 220 g/mol. The van der Waals surface area contributed by atoms with Gasteiger partial charge in [0.15, 0.2) is 0 Å². The van der Waals surface area contributed by atoms with E-state index in [9.17, 15) is 4.79 Å². The van der Waals surface area contributed by atoms with Crippen molar-refractivity contribution in [1.82, 2.24) is 10.2 Å². The Kier molecular flexibility index (Phi) is 6.47. The summed E-state index contributed by atoms with van der Waals surface area (Å²) >= 11 is 0. The molecule has 100 valence electrons. The minimum Gasteiger partial charge on any atom is -0.481 e. The highest BCUT2D eigenvalue weighted by molar-refractivity contribution is 5.67. The Labute approximate surface area is 103 Å². The van der Waals surface area contributed by atoms with Crippen LogP contribution in [0.25, 0.3) is 0 Å². The normalized spacial score (nSPS) is 21.9. The largest absolute Gasteiger partial charge is 0.481 e. The van der Waals surface area contributed by atoms with Crippen LogP contribution in [0.2, 0.25) is 0 Å². The van der Waals surface area contributed by atoms with Crippen molar-refractivity contribution in [3.8, 4) is 0 Å². The van der Waals surface area contributed by atoms with Gasteiger partial charge < -0.3 is 15.2 Å². The number of hydrogen-bond acceptors (Lipinski definition) is 4. The summed E-state index contributed by atoms with van der Waals surface area (Å²) in [5, 5.41) is 12.3. The Morgan fingerprint density at radius 2 is 2.41 bits per heavy atom. The number of ether oxygens (including phenoxy) is 1. The molecule has 1 saturated heterocycles. The standard InChI is InChI=1S/C12H24N2O3/c1-10(8-12(15)16)14(6-7-17-2)9-11-4-3-5-13-11/h10-11,13H,3-9H2,1-2H3,(H,15,16). The van der Waals surface area contributed by atoms with Gasteiger partial charge in [-0.1, -0.05) is 0 Å². The van der Waals surface area contributed by atoms with Gasteiger partial charge in [0, 0.05) is 32.3 Å². The summed E-state index contributed by atoms with van der Waals surface area (Å²) in [6.45, 7) is 5.41. The molecule has 1 aliphatic heterocycles. The zero-order valence-corrected chi connectivity index (χ0v) is 10.8. The van der Waals surface area contributed by atoms with E-state index in [-0.39, 0.29) is 12.5 Å². The smallest absolute Gasteiger partial charge is 0.304 e. The van der Waals surface area contributed by atoms with E-state index in [2.05, 4.69) is 10.2 Å². The molecule has 0 radical (unpaired) electrons. The van der Waals surface area contributed by atoms with Crippen molar-refractivity contribution in [2.75, 3.05) is 33.4 Å². The molecule has 0 bridgehead atoms. The molecule has 2 N–H and O–H groups in total. The monoisotopic (exact) mass is 244 g/mol. The van der Waals surface area contributed by atoms with Crippen molar-refractivity contribution in [2.24, 2.45) is 0 Å². The SMILES string of the molecule is COCCN(CC1CCCN1)C(C)CC(=O)O. The molecule has 0 saturated carbocycles. The molecule has 0 amide bonds. The molecule has 0 spiro atoms. The van der Waals surface area contributed by atoms with E-state index in [1.54, 1.807) is 7.11 Å². The molecule has 0 aromatic heterocycles. The van der Waals surface area contributed by atoms with Crippen molar-refractivity contribution < 1.29 is 14.6 Å². The summed E-state index contributed by atoms with van der Waals surface area (Å²) in [4.78, 5) is 13.0. The van der Waals surface area contributed by atoms with E-state index in [0.717, 1.165) is 19.6 Å². The van der Waals surface area contributed by atoms with Crippen molar-refractivity contribution in [2.45, 2.75) is 38.3 Å². The van der Waals surface area contributed by atoms with Crippen molar-refractivity contribution in [1.29, 1.82) is 0 Å². The van der Waals surface area contributed by atoms with E-state index in [0.29, 0.717) is 12.6 Å². The molecule has 2 atom stereocenters. The lowest BCUT2D eigenvalue weighted by molar-refractivity contribution is -0.138. The first-order valence-corrected chi connectivity index (χ1v) is 6.31. The fourth-order valence-corrected chi connectivity index (χ4v) is 2.28. The lowest BCUT2D eigenvalue weighted by Gasteiger charge is -2.30. The second-order valence-corrected chi connectivity index (χ2v) is 4.73. The van der Waals surface area contributed by atoms with Crippen molar-refractivity contribution >= 4 is 5.97 Å². The van der Waals surface area contributed by atoms with Crippen LogP contribution in [-0.2, 0) is 9.53 Å². The first-order valence-electron chi connectivity index (χ1n) is 6.31. The molecule has 1 heterocycles. The van der Waals surface area contributed by atoms with Gasteiger partial charge in [0.1, 0.15) is 0 Å². The molecule has 1 fully saturated rings. The molecule has 1 rings (SSSR count). The molecule has 0 aromatic carbocycles. The third kappa shape index (κ3) is 5.48. The molecule has 17 heavy (non-hydrogen) atoms. The quantitative estimate of drug-likeness (QED) is 0.653. The predicted molar refractivity (Wildman–Crippen MR) is 66.2 cm³/mol. The van der Waals surface area contributed by atoms with Crippen LogP contribution < -0.4 is 5.32 Å². The molecular formula is C12H24N2O3. The lowest BCUT2D eigenvalue weighted by atomic mass is 10.1. The highest BCUT2D eigenvalue weighted by Gasteiger charge is 2.22. The van der Waals surface area contributed by atoms with Crippen LogP contribution in [0.15, 0.2) is 0 Å². The van der Waals surface area contributed by atoms with Gasteiger partial charge in [0.2, 0.25) is 0 Å². The molecule has 1 aliphatic rings. The average molecular weight is 244 g/mol. The lowest BCUT2D eigenvalue weighted by Crippen LogP contribution is -2.44. The minimum atomic E-state index is -0.737. The van der Waals surface area contributed by atoms with E-state index in [4.69, 9.17) is 9.84 Å². The second-order valence-electron chi connectivity index (χ2n) is 4.73. The first kappa shape index (κ1) is 14.4. The minimum absolute atomic E-state index is 0.0602. The van der Waals surface area contributed by atoms with Crippen LogP contribution in [-0.4, -0.2) is 61.4 Å². The van der Waals surface area contributed by atoms with Gasteiger partial charge in [0.25, 0.3) is 0 Å². The molecule has 5 nitrogen and oxygen atoms in total. The highest BCUT2D eigenvalue weighted by atomic mass is 16.5. The third-order valence-electron chi connectivity index (χ3n) is 3.29. The average Bonchev–Trinajstić information content (AvgIpc) is 2.75. The number of nitrogens with zero attached hydrogens (tertiary/aromatic N) is 1. The number of methoxy groups -OCH3 is 1. The molecule has 0 aromatic rings. The third-order valence-corrected chi connectivity index (χ3v) is 3.29. The van der Waals surface area contributed by atoms with Crippen LogP contribution in [0.3, 0.4) is 0 Å². The van der Waals surface area contributed by atoms with Crippen LogP contribution in [0.5, 0.6) is 0 Å². The zero-order chi connectivity index (χ0) is 12.7. The summed E-state index contributed by atoms with van der Waals surface area (Å²) < 4.78 is 5.08. The molecule has 2 unspecified atom stereocenters. The number of carboxylic acid groups (broad SMARTS) is 1. The fourth-order valence-electron chi connectivity index (χ4n) is 2.28. The van der Waals surface area contributed by atoms with Gasteiger partial charge in [-0.05, 0) is 26.3 Å². The Morgan fingerprint density at radius 3 is 2.94 bits per heavy atom.